The Hall–Kier alpha value is -4.73. The first-order chi connectivity index (χ1) is 19.1. The fourth-order valence-corrected chi connectivity index (χ4v) is 5.40. The summed E-state index contributed by atoms with van der Waals surface area (Å²) in [5, 5.41) is 12.8. The average molecular weight is 511 g/mol. The van der Waals surface area contributed by atoms with Crippen LogP contribution in [0, 0.1) is 11.3 Å². The van der Waals surface area contributed by atoms with Crippen molar-refractivity contribution in [2.24, 2.45) is 5.73 Å². The van der Waals surface area contributed by atoms with E-state index in [0.29, 0.717) is 5.56 Å². The molecule has 2 aliphatic rings. The Kier molecular flexibility index (Phi) is 6.22. The third kappa shape index (κ3) is 4.08. The number of nitriles is 1. The van der Waals surface area contributed by atoms with E-state index in [1.54, 1.807) is 6.20 Å². The molecule has 39 heavy (non-hydrogen) atoms. The number of rotatable bonds is 3. The van der Waals surface area contributed by atoms with Crippen LogP contribution in [0.25, 0.3) is 39.6 Å². The van der Waals surface area contributed by atoms with Gasteiger partial charge in [-0.05, 0) is 61.2 Å². The molecule has 0 bridgehead atoms. The zero-order valence-electron chi connectivity index (χ0n) is 22.1. The van der Waals surface area contributed by atoms with E-state index >= 15 is 0 Å². The van der Waals surface area contributed by atoms with E-state index in [0.717, 1.165) is 63.9 Å². The number of pyridine rings is 1. The van der Waals surface area contributed by atoms with Crippen molar-refractivity contribution < 1.29 is 0 Å². The summed E-state index contributed by atoms with van der Waals surface area (Å²) in [6, 6.07) is 30.6. The van der Waals surface area contributed by atoms with Gasteiger partial charge in [-0.1, -0.05) is 62.4 Å². The third-order valence-corrected chi connectivity index (χ3v) is 7.59. The van der Waals surface area contributed by atoms with Crippen molar-refractivity contribution in [2.45, 2.75) is 38.6 Å². The van der Waals surface area contributed by atoms with Crippen LogP contribution >= 0.6 is 0 Å². The molecule has 1 saturated carbocycles. The summed E-state index contributed by atoms with van der Waals surface area (Å²) in [5.41, 5.74) is 14.9. The SMILES string of the molecule is CC.N#Cc1ccc(-c2nc3n(c2-c2ccc(C4(N)CCC4)cc2)-c2cccnc2Nc2ccccc2-3)cc1. The first kappa shape index (κ1) is 24.6. The predicted octanol–water partition coefficient (Wildman–Crippen LogP) is 7.56. The van der Waals surface area contributed by atoms with Crippen LogP contribution in [0.5, 0.6) is 0 Å². The number of nitrogens with zero attached hydrogens (tertiary/aromatic N) is 4. The van der Waals surface area contributed by atoms with Gasteiger partial charge < -0.3 is 11.1 Å². The zero-order chi connectivity index (χ0) is 27.0. The molecule has 1 aliphatic carbocycles. The molecule has 3 heterocycles. The van der Waals surface area contributed by atoms with Gasteiger partial charge in [0.2, 0.25) is 0 Å². The van der Waals surface area contributed by atoms with Crippen molar-refractivity contribution in [3.05, 3.63) is 102 Å². The molecule has 0 unspecified atom stereocenters. The molecule has 3 N–H and O–H groups in total. The monoisotopic (exact) mass is 510 g/mol. The van der Waals surface area contributed by atoms with Gasteiger partial charge in [0.25, 0.3) is 0 Å². The number of fused-ring (bicyclic) bond motifs is 5. The van der Waals surface area contributed by atoms with Gasteiger partial charge in [0.05, 0.1) is 34.4 Å². The number of benzene rings is 3. The summed E-state index contributed by atoms with van der Waals surface area (Å²) in [7, 11) is 0. The molecule has 6 nitrogen and oxygen atoms in total. The summed E-state index contributed by atoms with van der Waals surface area (Å²) in [6.45, 7) is 4.00. The van der Waals surface area contributed by atoms with Crippen LogP contribution < -0.4 is 11.1 Å². The Labute approximate surface area is 228 Å². The minimum absolute atomic E-state index is 0.220. The van der Waals surface area contributed by atoms with Crippen LogP contribution in [-0.2, 0) is 5.54 Å². The highest BCUT2D eigenvalue weighted by Gasteiger charge is 2.34. The molecule has 0 radical (unpaired) electrons. The molecule has 192 valence electrons. The summed E-state index contributed by atoms with van der Waals surface area (Å²) in [6.07, 6.45) is 5.01. The molecule has 0 spiro atoms. The first-order valence-electron chi connectivity index (χ1n) is 13.5. The molecule has 0 saturated heterocycles. The molecule has 5 aromatic rings. The molecule has 3 aromatic carbocycles. The van der Waals surface area contributed by atoms with Gasteiger partial charge in [-0.25, -0.2) is 9.97 Å². The van der Waals surface area contributed by atoms with Crippen LogP contribution in [0.1, 0.15) is 44.2 Å². The van der Waals surface area contributed by atoms with E-state index in [-0.39, 0.29) is 5.54 Å². The fourth-order valence-electron chi connectivity index (χ4n) is 5.40. The van der Waals surface area contributed by atoms with Gasteiger partial charge in [-0.3, -0.25) is 4.57 Å². The highest BCUT2D eigenvalue weighted by Crippen LogP contribution is 2.45. The number of aromatic nitrogens is 3. The van der Waals surface area contributed by atoms with E-state index in [2.05, 4.69) is 57.3 Å². The standard InChI is InChI=1S/C31H24N6.C2H6/c32-19-20-8-10-21(11-9-20)27-28(22-12-14-23(15-13-22)31(33)16-4-17-31)37-26-7-3-18-34-29(26)35-25-6-2-1-5-24(25)30(37)36-27;1-2/h1-3,5-15,18H,4,16-17,33H2,(H,34,35);1-2H3. The molecular weight excluding hydrogens is 480 g/mol. The van der Waals surface area contributed by atoms with Crippen LogP contribution in [0.15, 0.2) is 91.1 Å². The van der Waals surface area contributed by atoms with Crippen molar-refractivity contribution in [3.63, 3.8) is 0 Å². The van der Waals surface area contributed by atoms with Crippen LogP contribution in [0.2, 0.25) is 0 Å². The highest BCUT2D eigenvalue weighted by atomic mass is 15.2. The Morgan fingerprint density at radius 3 is 2.31 bits per heavy atom. The van der Waals surface area contributed by atoms with Gasteiger partial charge >= 0.3 is 0 Å². The lowest BCUT2D eigenvalue weighted by Gasteiger charge is -2.38. The zero-order valence-corrected chi connectivity index (χ0v) is 22.1. The topological polar surface area (TPSA) is 92.5 Å². The van der Waals surface area contributed by atoms with E-state index in [4.69, 9.17) is 10.7 Å². The van der Waals surface area contributed by atoms with Gasteiger partial charge in [0, 0.05) is 28.4 Å². The highest BCUT2D eigenvalue weighted by molar-refractivity contribution is 5.90. The molecule has 7 rings (SSSR count). The normalized spacial score (nSPS) is 14.1. The lowest BCUT2D eigenvalue weighted by atomic mass is 9.72. The Morgan fingerprint density at radius 2 is 1.62 bits per heavy atom. The average Bonchev–Trinajstić information content (AvgIpc) is 3.31. The molecular formula is C33H30N6. The number of imidazole rings is 1. The van der Waals surface area contributed by atoms with Crippen LogP contribution in [0.3, 0.4) is 0 Å². The first-order valence-corrected chi connectivity index (χ1v) is 13.5. The van der Waals surface area contributed by atoms with Gasteiger partial charge in [0.15, 0.2) is 5.82 Å². The van der Waals surface area contributed by atoms with Gasteiger partial charge in [-0.15, -0.1) is 0 Å². The van der Waals surface area contributed by atoms with Gasteiger partial charge in [-0.2, -0.15) is 5.26 Å². The Morgan fingerprint density at radius 1 is 0.897 bits per heavy atom. The maximum absolute atomic E-state index is 9.34. The second kappa shape index (κ2) is 9.86. The van der Waals surface area contributed by atoms with Crippen molar-refractivity contribution in [2.75, 3.05) is 5.32 Å². The van der Waals surface area contributed by atoms with Crippen molar-refractivity contribution in [1.29, 1.82) is 5.26 Å². The second-order valence-corrected chi connectivity index (χ2v) is 9.79. The predicted molar refractivity (Wildman–Crippen MR) is 157 cm³/mol. The smallest absolute Gasteiger partial charge is 0.154 e. The maximum Gasteiger partial charge on any atom is 0.154 e. The summed E-state index contributed by atoms with van der Waals surface area (Å²) < 4.78 is 2.20. The number of nitrogens with two attached hydrogens (primary N) is 1. The minimum atomic E-state index is -0.220. The van der Waals surface area contributed by atoms with Crippen LogP contribution in [-0.4, -0.2) is 14.5 Å². The number of para-hydroxylation sites is 1. The molecule has 1 fully saturated rings. The van der Waals surface area contributed by atoms with E-state index in [1.807, 2.05) is 62.4 Å². The second-order valence-electron chi connectivity index (χ2n) is 9.79. The lowest BCUT2D eigenvalue weighted by Crippen LogP contribution is -2.43. The number of nitrogens with one attached hydrogen (secondary N) is 1. The Bertz CT molecular complexity index is 1690. The molecule has 2 aromatic heterocycles. The number of hydrogen-bond donors (Lipinski definition) is 2. The largest absolute Gasteiger partial charge is 0.338 e. The minimum Gasteiger partial charge on any atom is -0.338 e. The fraction of sp³-hybridized carbons (Fsp3) is 0.182. The quantitative estimate of drug-likeness (QED) is 0.256. The number of hydrogen-bond acceptors (Lipinski definition) is 5. The van der Waals surface area contributed by atoms with Crippen molar-refractivity contribution >= 4 is 11.5 Å². The van der Waals surface area contributed by atoms with E-state index < -0.39 is 0 Å². The summed E-state index contributed by atoms with van der Waals surface area (Å²) >= 11 is 0. The maximum atomic E-state index is 9.34. The van der Waals surface area contributed by atoms with Crippen LogP contribution in [0.4, 0.5) is 11.5 Å². The Balaban J connectivity index is 0.00000135. The molecule has 0 atom stereocenters. The molecule has 0 amide bonds. The lowest BCUT2D eigenvalue weighted by molar-refractivity contribution is 0.253. The van der Waals surface area contributed by atoms with E-state index in [1.165, 1.54) is 12.0 Å². The van der Waals surface area contributed by atoms with Gasteiger partial charge in [0.1, 0.15) is 5.82 Å². The molecule has 6 heteroatoms. The summed E-state index contributed by atoms with van der Waals surface area (Å²) in [5.74, 6) is 1.60. The number of anilines is 2. The van der Waals surface area contributed by atoms with E-state index in [9.17, 15) is 5.26 Å². The third-order valence-electron chi connectivity index (χ3n) is 7.59. The summed E-state index contributed by atoms with van der Waals surface area (Å²) in [4.78, 5) is 9.91. The van der Waals surface area contributed by atoms with Crippen molar-refractivity contribution in [1.82, 2.24) is 14.5 Å². The van der Waals surface area contributed by atoms with Crippen molar-refractivity contribution in [3.8, 4) is 45.7 Å². The molecule has 1 aliphatic heterocycles.